The summed E-state index contributed by atoms with van der Waals surface area (Å²) in [7, 11) is 0. The number of unbranched alkanes of at least 4 members (excludes halogenated alkanes) is 4. The lowest BCUT2D eigenvalue weighted by Crippen LogP contribution is -2.13. The lowest BCUT2D eigenvalue weighted by atomic mass is 10.00. The van der Waals surface area contributed by atoms with Gasteiger partial charge in [0.2, 0.25) is 23.6 Å². The van der Waals surface area contributed by atoms with Gasteiger partial charge in [-0.1, -0.05) is 181 Å². The zero-order valence-corrected chi connectivity index (χ0v) is 49.1. The summed E-state index contributed by atoms with van der Waals surface area (Å²) in [5.74, 6) is 7.22. The normalized spacial score (nSPS) is 13.4. The van der Waals surface area contributed by atoms with Gasteiger partial charge in [0, 0.05) is 34.4 Å². The van der Waals surface area contributed by atoms with Crippen molar-refractivity contribution >= 4 is 36.5 Å². The van der Waals surface area contributed by atoms with E-state index in [2.05, 4.69) is 138 Å². The Bertz CT molecular complexity index is 2560. The Balaban J connectivity index is 1.10. The van der Waals surface area contributed by atoms with Crippen molar-refractivity contribution in [3.05, 3.63) is 118 Å². The van der Waals surface area contributed by atoms with Crippen LogP contribution in [0, 0.1) is 37.5 Å². The summed E-state index contributed by atoms with van der Waals surface area (Å²) in [5, 5.41) is 17.2. The molecule has 4 atom stereocenters. The minimum absolute atomic E-state index is 0.324. The van der Waals surface area contributed by atoms with Gasteiger partial charge in [0.1, 0.15) is 23.0 Å². The SMILES string of the molecule is CCCC[C@@H](CC)COc1cc(/C=C/c2ccc(-c3nnc(/C=C/c4nnc(-c5ccc(/C=C/c6cc(OC[C@@H](CC)CCCC)c(C)cc6OC[C@@H](CC)CCCC)cc5)o4)o3)cc2)c(OC[C@@H](CC)CCCC)cc1C. The van der Waals surface area contributed by atoms with E-state index in [1.165, 1.54) is 77.0 Å². The first-order valence-corrected chi connectivity index (χ1v) is 29.8. The van der Waals surface area contributed by atoms with Crippen LogP contribution in [0.5, 0.6) is 23.0 Å². The molecule has 0 unspecified atom stereocenters. The van der Waals surface area contributed by atoms with E-state index in [4.69, 9.17) is 27.8 Å². The first-order valence-electron chi connectivity index (χ1n) is 29.8. The highest BCUT2D eigenvalue weighted by Crippen LogP contribution is 2.34. The maximum Gasteiger partial charge on any atom is 0.248 e. The summed E-state index contributed by atoms with van der Waals surface area (Å²) in [6.07, 6.45) is 30.7. The molecule has 0 saturated heterocycles. The molecule has 6 rings (SSSR count). The molecule has 0 aliphatic carbocycles. The number of aromatic nitrogens is 4. The number of aryl methyl sites for hydroxylation is 2. The smallest absolute Gasteiger partial charge is 0.248 e. The molecule has 78 heavy (non-hydrogen) atoms. The van der Waals surface area contributed by atoms with Crippen LogP contribution in [0.15, 0.2) is 81.6 Å². The van der Waals surface area contributed by atoms with Crippen LogP contribution < -0.4 is 18.9 Å². The number of nitrogens with zero attached hydrogens (tertiary/aromatic N) is 4. The molecule has 2 aromatic heterocycles. The third-order valence-corrected chi connectivity index (χ3v) is 15.2. The second kappa shape index (κ2) is 33.1. The molecule has 420 valence electrons. The lowest BCUT2D eigenvalue weighted by molar-refractivity contribution is 0.226. The minimum Gasteiger partial charge on any atom is -0.493 e. The van der Waals surface area contributed by atoms with Crippen molar-refractivity contribution in [2.45, 2.75) is 172 Å². The predicted octanol–water partition coefficient (Wildman–Crippen LogP) is 19.3. The maximum absolute atomic E-state index is 6.57. The highest BCUT2D eigenvalue weighted by molar-refractivity contribution is 5.76. The van der Waals surface area contributed by atoms with Gasteiger partial charge in [-0.3, -0.25) is 0 Å². The Labute approximate surface area is 468 Å². The van der Waals surface area contributed by atoms with E-state index in [1.54, 1.807) is 12.2 Å². The quantitative estimate of drug-likeness (QED) is 0.0352. The Morgan fingerprint density at radius 3 is 1.01 bits per heavy atom. The van der Waals surface area contributed by atoms with E-state index in [-0.39, 0.29) is 0 Å². The second-order valence-electron chi connectivity index (χ2n) is 21.4. The highest BCUT2D eigenvalue weighted by Gasteiger charge is 2.17. The van der Waals surface area contributed by atoms with E-state index in [0.717, 1.165) is 106 Å². The molecule has 0 radical (unpaired) electrons. The van der Waals surface area contributed by atoms with E-state index in [9.17, 15) is 0 Å². The Morgan fingerprint density at radius 1 is 0.385 bits per heavy atom. The number of rotatable bonds is 36. The first kappa shape index (κ1) is 60.8. The Hall–Kier alpha value is -6.42. The molecule has 0 bridgehead atoms. The van der Waals surface area contributed by atoms with Crippen molar-refractivity contribution in [1.29, 1.82) is 0 Å². The third kappa shape index (κ3) is 19.2. The van der Waals surface area contributed by atoms with Crippen molar-refractivity contribution in [3.63, 3.8) is 0 Å². The Kier molecular flexibility index (Phi) is 25.8. The topological polar surface area (TPSA) is 115 Å². The standard InChI is InChI=1S/C68H92N4O6/c1-11-19-23-51(15-5)45-73-61-43-59(63(41-49(61)9)75-47-53(17-7)25-21-13-3)37-31-55-27-33-57(34-28-55)67-71-69-65(77-67)39-40-66-70-72-68(78-66)58-35-29-56(30-36-58)32-38-60-44-62(74-46-52(16-6)24-20-12-2)50(10)42-64(60)76-48-54(18-8)26-22-14-4/h27-44,51-54H,11-26,45-48H2,1-10H3/b37-31+,38-32+,40-39+/t51-,52+,53-,54-/m0/s1. The lowest BCUT2D eigenvalue weighted by Gasteiger charge is -2.20. The van der Waals surface area contributed by atoms with Crippen LogP contribution in [0.1, 0.15) is 203 Å². The van der Waals surface area contributed by atoms with Crippen LogP contribution in [-0.4, -0.2) is 46.8 Å². The fourth-order valence-electron chi connectivity index (χ4n) is 9.42. The fourth-order valence-corrected chi connectivity index (χ4v) is 9.42. The van der Waals surface area contributed by atoms with Gasteiger partial charge >= 0.3 is 0 Å². The molecule has 0 aliphatic rings. The first-order chi connectivity index (χ1) is 38.1. The molecular formula is C68H92N4O6. The van der Waals surface area contributed by atoms with Crippen LogP contribution in [0.2, 0.25) is 0 Å². The average Bonchev–Trinajstić information content (AvgIpc) is 4.17. The van der Waals surface area contributed by atoms with Gasteiger partial charge in [0.15, 0.2) is 0 Å². The molecule has 0 saturated carbocycles. The van der Waals surface area contributed by atoms with E-state index in [0.29, 0.717) is 60.4 Å². The zero-order valence-electron chi connectivity index (χ0n) is 49.1. The van der Waals surface area contributed by atoms with Gasteiger partial charge in [-0.2, -0.15) is 0 Å². The molecule has 0 aliphatic heterocycles. The van der Waals surface area contributed by atoms with E-state index < -0.39 is 0 Å². The van der Waals surface area contributed by atoms with Gasteiger partial charge in [-0.25, -0.2) is 0 Å². The van der Waals surface area contributed by atoms with Crippen LogP contribution in [0.3, 0.4) is 0 Å². The molecule has 4 aromatic carbocycles. The van der Waals surface area contributed by atoms with Crippen LogP contribution in [0.4, 0.5) is 0 Å². The molecule has 10 nitrogen and oxygen atoms in total. The number of hydrogen-bond acceptors (Lipinski definition) is 10. The van der Waals surface area contributed by atoms with Gasteiger partial charge in [-0.15, -0.1) is 20.4 Å². The van der Waals surface area contributed by atoms with Crippen molar-refractivity contribution in [3.8, 4) is 45.9 Å². The fraction of sp³-hybridized carbons (Fsp3) is 0.500. The molecule has 0 N–H and O–H groups in total. The highest BCUT2D eigenvalue weighted by atomic mass is 16.5. The largest absolute Gasteiger partial charge is 0.493 e. The molecule has 0 amide bonds. The van der Waals surface area contributed by atoms with Gasteiger partial charge in [0.05, 0.1) is 26.4 Å². The number of ether oxygens (including phenoxy) is 4. The minimum atomic E-state index is 0.324. The third-order valence-electron chi connectivity index (χ3n) is 15.2. The summed E-state index contributed by atoms with van der Waals surface area (Å²) in [6.45, 7) is 25.1. The monoisotopic (exact) mass is 1060 g/mol. The molecule has 0 spiro atoms. The van der Waals surface area contributed by atoms with E-state index >= 15 is 0 Å². The van der Waals surface area contributed by atoms with Crippen molar-refractivity contribution < 1.29 is 27.8 Å². The second-order valence-corrected chi connectivity index (χ2v) is 21.4. The summed E-state index contributed by atoms with van der Waals surface area (Å²) < 4.78 is 38.2. The average molecular weight is 1060 g/mol. The maximum atomic E-state index is 6.57. The van der Waals surface area contributed by atoms with Crippen LogP contribution in [0.25, 0.3) is 59.4 Å². The van der Waals surface area contributed by atoms with Crippen molar-refractivity contribution in [2.24, 2.45) is 23.7 Å². The van der Waals surface area contributed by atoms with Crippen molar-refractivity contribution in [2.75, 3.05) is 26.4 Å². The zero-order chi connectivity index (χ0) is 55.5. The van der Waals surface area contributed by atoms with Crippen LogP contribution in [-0.2, 0) is 0 Å². The van der Waals surface area contributed by atoms with Crippen molar-refractivity contribution in [1.82, 2.24) is 20.4 Å². The van der Waals surface area contributed by atoms with Crippen LogP contribution >= 0.6 is 0 Å². The van der Waals surface area contributed by atoms with Gasteiger partial charge in [0.25, 0.3) is 0 Å². The molecule has 0 fully saturated rings. The predicted molar refractivity (Wildman–Crippen MR) is 324 cm³/mol. The summed E-state index contributed by atoms with van der Waals surface area (Å²) in [4.78, 5) is 0. The number of benzene rings is 4. The summed E-state index contributed by atoms with van der Waals surface area (Å²) in [6, 6.07) is 24.7. The number of hydrogen-bond donors (Lipinski definition) is 0. The van der Waals surface area contributed by atoms with Gasteiger partial charge in [-0.05, 0) is 134 Å². The summed E-state index contributed by atoms with van der Waals surface area (Å²) >= 11 is 0. The van der Waals surface area contributed by atoms with E-state index in [1.807, 2.05) is 48.5 Å². The molecular weight excluding hydrogens is 969 g/mol. The van der Waals surface area contributed by atoms with Gasteiger partial charge < -0.3 is 27.8 Å². The molecule has 2 heterocycles. The molecule has 10 heteroatoms. The Morgan fingerprint density at radius 2 is 0.705 bits per heavy atom. The molecule has 6 aromatic rings. The summed E-state index contributed by atoms with van der Waals surface area (Å²) in [5.41, 5.74) is 7.88.